The molecule has 0 aliphatic heterocycles. The Bertz CT molecular complexity index is 678. The van der Waals surface area contributed by atoms with Crippen LogP contribution in [0.15, 0.2) is 40.9 Å². The van der Waals surface area contributed by atoms with Crippen molar-refractivity contribution in [3.8, 4) is 11.5 Å². The van der Waals surface area contributed by atoms with Crippen LogP contribution in [0.1, 0.15) is 5.56 Å². The molecule has 5 nitrogen and oxygen atoms in total. The smallest absolute Gasteiger partial charge is 0.271 e. The summed E-state index contributed by atoms with van der Waals surface area (Å²) < 4.78 is 11.5. The van der Waals surface area contributed by atoms with Crippen LogP contribution in [0.5, 0.6) is 11.5 Å². The average Bonchev–Trinajstić information content (AvgIpc) is 2.46. The lowest BCUT2D eigenvalue weighted by molar-refractivity contribution is -0.384. The highest BCUT2D eigenvalue weighted by Gasteiger charge is 2.10. The lowest BCUT2D eigenvalue weighted by Crippen LogP contribution is -1.97. The van der Waals surface area contributed by atoms with Crippen molar-refractivity contribution in [2.24, 2.45) is 0 Å². The highest BCUT2D eigenvalue weighted by atomic mass is 79.9. The molecule has 2 aromatic rings. The first-order valence-corrected chi connectivity index (χ1v) is 7.07. The molecule has 0 bridgehead atoms. The van der Waals surface area contributed by atoms with Gasteiger partial charge in [0.1, 0.15) is 18.1 Å². The summed E-state index contributed by atoms with van der Waals surface area (Å²) in [6.07, 6.45) is 0. The molecule has 0 aliphatic rings. The maximum Gasteiger partial charge on any atom is 0.271 e. The third kappa shape index (κ3) is 3.86. The summed E-state index contributed by atoms with van der Waals surface area (Å²) in [5, 5.41) is 10.8. The predicted molar refractivity (Wildman–Crippen MR) is 83.1 cm³/mol. The molecule has 0 fully saturated rings. The summed E-state index contributed by atoms with van der Waals surface area (Å²) in [5.41, 5.74) is 0.844. The van der Waals surface area contributed by atoms with Crippen LogP contribution in [-0.2, 0) is 6.61 Å². The molecule has 21 heavy (non-hydrogen) atoms. The molecule has 110 valence electrons. The average molecular weight is 373 g/mol. The Balaban J connectivity index is 2.09. The Labute approximate surface area is 134 Å². The Morgan fingerprint density at radius 1 is 1.24 bits per heavy atom. The number of ether oxygens (including phenoxy) is 2. The molecule has 2 rings (SSSR count). The van der Waals surface area contributed by atoms with Gasteiger partial charge in [-0.15, -0.1) is 0 Å². The number of halogens is 2. The van der Waals surface area contributed by atoms with Gasteiger partial charge in [0.25, 0.3) is 5.69 Å². The highest BCUT2D eigenvalue weighted by molar-refractivity contribution is 9.10. The van der Waals surface area contributed by atoms with Crippen LogP contribution in [0.25, 0.3) is 0 Å². The van der Waals surface area contributed by atoms with Gasteiger partial charge >= 0.3 is 0 Å². The molecule has 0 unspecified atom stereocenters. The van der Waals surface area contributed by atoms with Crippen LogP contribution in [0.4, 0.5) is 5.69 Å². The van der Waals surface area contributed by atoms with Gasteiger partial charge in [-0.25, -0.2) is 0 Å². The van der Waals surface area contributed by atoms with Crippen molar-refractivity contribution in [1.29, 1.82) is 0 Å². The number of hydrogen-bond donors (Lipinski definition) is 0. The Hall–Kier alpha value is -1.79. The molecule has 7 heteroatoms. The van der Waals surface area contributed by atoms with E-state index in [1.54, 1.807) is 7.11 Å². The molecule has 0 aromatic heterocycles. The predicted octanol–water partition coefficient (Wildman–Crippen LogP) is 4.60. The van der Waals surface area contributed by atoms with Gasteiger partial charge in [0.05, 0.1) is 21.5 Å². The van der Waals surface area contributed by atoms with Gasteiger partial charge in [-0.05, 0) is 39.7 Å². The number of nitro benzene ring substituents is 1. The van der Waals surface area contributed by atoms with Crippen molar-refractivity contribution in [3.05, 3.63) is 61.6 Å². The molecule has 0 saturated heterocycles. The van der Waals surface area contributed by atoms with E-state index in [2.05, 4.69) is 15.9 Å². The standard InChI is InChI=1S/C14H11BrClNO4/c1-20-13-4-2-9(6-11(13)15)8-21-14-5-3-10(17(18)19)7-12(14)16/h2-7H,8H2,1H3. The van der Waals surface area contributed by atoms with Crippen LogP contribution < -0.4 is 9.47 Å². The molecule has 0 radical (unpaired) electrons. The summed E-state index contributed by atoms with van der Waals surface area (Å²) in [6.45, 7) is 0.292. The topological polar surface area (TPSA) is 61.6 Å². The van der Waals surface area contributed by atoms with Crippen molar-refractivity contribution >= 4 is 33.2 Å². The summed E-state index contributed by atoms with van der Waals surface area (Å²) in [6, 6.07) is 9.66. The zero-order valence-electron chi connectivity index (χ0n) is 11.0. The zero-order chi connectivity index (χ0) is 15.4. The lowest BCUT2D eigenvalue weighted by atomic mass is 10.2. The van der Waals surface area contributed by atoms with E-state index in [4.69, 9.17) is 21.1 Å². The van der Waals surface area contributed by atoms with Crippen LogP contribution in [0, 0.1) is 10.1 Å². The zero-order valence-corrected chi connectivity index (χ0v) is 13.3. The maximum atomic E-state index is 10.6. The SMILES string of the molecule is COc1ccc(COc2ccc([N+](=O)[O-])cc2Cl)cc1Br. The summed E-state index contributed by atoms with van der Waals surface area (Å²) in [7, 11) is 1.59. The van der Waals surface area contributed by atoms with E-state index >= 15 is 0 Å². The van der Waals surface area contributed by atoms with Crippen LogP contribution in [-0.4, -0.2) is 12.0 Å². The maximum absolute atomic E-state index is 10.6. The van der Waals surface area contributed by atoms with Crippen molar-refractivity contribution in [3.63, 3.8) is 0 Å². The molecule has 0 spiro atoms. The second kappa shape index (κ2) is 6.78. The summed E-state index contributed by atoms with van der Waals surface area (Å²) in [5.74, 6) is 1.13. The van der Waals surface area contributed by atoms with Gasteiger partial charge in [-0.1, -0.05) is 17.7 Å². The Morgan fingerprint density at radius 2 is 1.95 bits per heavy atom. The quantitative estimate of drug-likeness (QED) is 0.568. The van der Waals surface area contributed by atoms with Gasteiger partial charge in [-0.2, -0.15) is 0 Å². The first-order chi connectivity index (χ1) is 10.0. The van der Waals surface area contributed by atoms with Gasteiger partial charge in [-0.3, -0.25) is 10.1 Å². The first-order valence-electron chi connectivity index (χ1n) is 5.90. The van der Waals surface area contributed by atoms with E-state index in [9.17, 15) is 10.1 Å². The van der Waals surface area contributed by atoms with Gasteiger partial charge in [0, 0.05) is 12.1 Å². The number of benzene rings is 2. The third-order valence-corrected chi connectivity index (χ3v) is 3.65. The molecule has 0 saturated carbocycles. The highest BCUT2D eigenvalue weighted by Crippen LogP contribution is 2.30. The minimum absolute atomic E-state index is 0.0699. The Morgan fingerprint density at radius 3 is 2.52 bits per heavy atom. The van der Waals surface area contributed by atoms with Crippen molar-refractivity contribution < 1.29 is 14.4 Å². The number of rotatable bonds is 5. The fourth-order valence-electron chi connectivity index (χ4n) is 1.68. The fraction of sp³-hybridized carbons (Fsp3) is 0.143. The lowest BCUT2D eigenvalue weighted by Gasteiger charge is -2.09. The van der Waals surface area contributed by atoms with Crippen molar-refractivity contribution in [2.45, 2.75) is 6.61 Å². The van der Waals surface area contributed by atoms with E-state index < -0.39 is 4.92 Å². The van der Waals surface area contributed by atoms with Crippen molar-refractivity contribution in [1.82, 2.24) is 0 Å². The van der Waals surface area contributed by atoms with E-state index in [1.807, 2.05) is 18.2 Å². The minimum Gasteiger partial charge on any atom is -0.496 e. The van der Waals surface area contributed by atoms with Gasteiger partial charge < -0.3 is 9.47 Å². The molecular weight excluding hydrogens is 362 g/mol. The van der Waals surface area contributed by atoms with E-state index in [1.165, 1.54) is 18.2 Å². The number of methoxy groups -OCH3 is 1. The second-order valence-corrected chi connectivity index (χ2v) is 5.39. The number of nitrogens with zero attached hydrogens (tertiary/aromatic N) is 1. The molecule has 2 aromatic carbocycles. The molecule has 0 aliphatic carbocycles. The molecule has 0 heterocycles. The van der Waals surface area contributed by atoms with E-state index in [-0.39, 0.29) is 10.7 Å². The third-order valence-electron chi connectivity index (χ3n) is 2.74. The van der Waals surface area contributed by atoms with Crippen LogP contribution in [0.3, 0.4) is 0 Å². The number of non-ortho nitro benzene ring substituents is 1. The second-order valence-electron chi connectivity index (χ2n) is 4.13. The van der Waals surface area contributed by atoms with Crippen LogP contribution in [0.2, 0.25) is 5.02 Å². The molecule has 0 atom stereocenters. The monoisotopic (exact) mass is 371 g/mol. The number of hydrogen-bond acceptors (Lipinski definition) is 4. The van der Waals surface area contributed by atoms with Crippen molar-refractivity contribution in [2.75, 3.05) is 7.11 Å². The van der Waals surface area contributed by atoms with Crippen LogP contribution >= 0.6 is 27.5 Å². The summed E-state index contributed by atoms with van der Waals surface area (Å²) >= 11 is 9.35. The minimum atomic E-state index is -0.504. The van der Waals surface area contributed by atoms with Gasteiger partial charge in [0.15, 0.2) is 0 Å². The molecule has 0 amide bonds. The largest absolute Gasteiger partial charge is 0.496 e. The fourth-order valence-corrected chi connectivity index (χ4v) is 2.50. The van der Waals surface area contributed by atoms with E-state index in [0.29, 0.717) is 12.4 Å². The Kier molecular flexibility index (Phi) is 5.03. The first kappa shape index (κ1) is 15.6. The molecular formula is C14H11BrClNO4. The molecule has 0 N–H and O–H groups in total. The normalized spacial score (nSPS) is 10.2. The van der Waals surface area contributed by atoms with E-state index in [0.717, 1.165) is 15.8 Å². The summed E-state index contributed by atoms with van der Waals surface area (Å²) in [4.78, 5) is 10.1. The van der Waals surface area contributed by atoms with Gasteiger partial charge in [0.2, 0.25) is 0 Å². The number of nitro groups is 1.